The molecule has 0 spiro atoms. The largest absolute Gasteiger partial charge is 0.478 e. The summed E-state index contributed by atoms with van der Waals surface area (Å²) in [6.45, 7) is 2.09. The minimum absolute atomic E-state index is 0.169. The van der Waals surface area contributed by atoms with E-state index in [0.29, 0.717) is 18.5 Å². The lowest BCUT2D eigenvalue weighted by Crippen LogP contribution is -2.41. The Hall–Kier alpha value is -1.56. The molecule has 86 valence electrons. The molecule has 1 aromatic rings. The molecule has 16 heavy (non-hydrogen) atoms. The van der Waals surface area contributed by atoms with Gasteiger partial charge in [-0.05, 0) is 18.9 Å². The van der Waals surface area contributed by atoms with Crippen molar-refractivity contribution in [1.82, 2.24) is 4.90 Å². The van der Waals surface area contributed by atoms with Crippen molar-refractivity contribution >= 4 is 23.4 Å². The molecule has 1 atom stereocenters. The molecule has 0 radical (unpaired) electrons. The maximum Gasteiger partial charge on any atom is 0.407 e. The predicted molar refractivity (Wildman–Crippen MR) is 58.0 cm³/mol. The molecule has 1 aliphatic heterocycles. The van der Waals surface area contributed by atoms with Crippen LogP contribution in [0.5, 0.6) is 0 Å². The fourth-order valence-corrected chi connectivity index (χ4v) is 2.98. The lowest BCUT2D eigenvalue weighted by molar-refractivity contribution is 0.0695. The average molecular weight is 241 g/mol. The van der Waals surface area contributed by atoms with E-state index in [2.05, 4.69) is 0 Å². The van der Waals surface area contributed by atoms with Crippen LogP contribution < -0.4 is 0 Å². The SMILES string of the molecule is C[C@@H]1Cc2c(C(=O)O)csc2CN1C(=O)O. The van der Waals surface area contributed by atoms with E-state index in [4.69, 9.17) is 10.2 Å². The second-order valence-corrected chi connectivity index (χ2v) is 4.78. The van der Waals surface area contributed by atoms with E-state index in [0.717, 1.165) is 10.4 Å². The number of fused-ring (bicyclic) bond motifs is 1. The molecular weight excluding hydrogens is 230 g/mol. The van der Waals surface area contributed by atoms with E-state index < -0.39 is 12.1 Å². The van der Waals surface area contributed by atoms with Gasteiger partial charge in [0.2, 0.25) is 0 Å². The lowest BCUT2D eigenvalue weighted by atomic mass is 9.98. The first kappa shape index (κ1) is 10.9. The van der Waals surface area contributed by atoms with E-state index in [9.17, 15) is 9.59 Å². The lowest BCUT2D eigenvalue weighted by Gasteiger charge is -2.31. The van der Waals surface area contributed by atoms with Crippen LogP contribution in [0.3, 0.4) is 0 Å². The number of carboxylic acids is 1. The van der Waals surface area contributed by atoms with Gasteiger partial charge in [0, 0.05) is 16.3 Å². The van der Waals surface area contributed by atoms with Crippen LogP contribution >= 0.6 is 11.3 Å². The molecule has 0 saturated heterocycles. The van der Waals surface area contributed by atoms with Crippen molar-refractivity contribution in [3.8, 4) is 0 Å². The van der Waals surface area contributed by atoms with Gasteiger partial charge in [0.05, 0.1) is 12.1 Å². The summed E-state index contributed by atoms with van der Waals surface area (Å²) >= 11 is 1.32. The third kappa shape index (κ3) is 1.65. The molecule has 6 heteroatoms. The minimum atomic E-state index is -0.955. The van der Waals surface area contributed by atoms with Gasteiger partial charge in [-0.25, -0.2) is 9.59 Å². The zero-order valence-corrected chi connectivity index (χ0v) is 9.45. The zero-order valence-electron chi connectivity index (χ0n) is 8.64. The molecular formula is C10H11NO4S. The number of hydrogen-bond acceptors (Lipinski definition) is 3. The number of hydrogen-bond donors (Lipinski definition) is 2. The molecule has 0 bridgehead atoms. The number of nitrogens with zero attached hydrogens (tertiary/aromatic N) is 1. The van der Waals surface area contributed by atoms with Crippen molar-refractivity contribution in [2.75, 3.05) is 0 Å². The Balaban J connectivity index is 2.36. The molecule has 0 aliphatic carbocycles. The van der Waals surface area contributed by atoms with E-state index >= 15 is 0 Å². The van der Waals surface area contributed by atoms with Gasteiger partial charge >= 0.3 is 12.1 Å². The molecule has 0 unspecified atom stereocenters. The van der Waals surface area contributed by atoms with Gasteiger partial charge in [-0.2, -0.15) is 0 Å². The Morgan fingerprint density at radius 3 is 2.75 bits per heavy atom. The highest BCUT2D eigenvalue weighted by atomic mass is 32.1. The maximum absolute atomic E-state index is 10.9. The summed E-state index contributed by atoms with van der Waals surface area (Å²) in [5.74, 6) is -0.937. The van der Waals surface area contributed by atoms with E-state index in [1.165, 1.54) is 16.2 Å². The van der Waals surface area contributed by atoms with Crippen LogP contribution in [0.15, 0.2) is 5.38 Å². The third-order valence-corrected chi connectivity index (χ3v) is 3.82. The molecule has 2 heterocycles. The summed E-state index contributed by atoms with van der Waals surface area (Å²) in [5, 5.41) is 19.5. The first-order valence-electron chi connectivity index (χ1n) is 4.82. The predicted octanol–water partition coefficient (Wildman–Crippen LogP) is 1.87. The van der Waals surface area contributed by atoms with Crippen molar-refractivity contribution in [3.05, 3.63) is 21.4 Å². The first-order chi connectivity index (χ1) is 7.50. The molecule has 1 aromatic heterocycles. The van der Waals surface area contributed by atoms with Crippen LogP contribution in [0, 0.1) is 0 Å². The standard InChI is InChI=1S/C10H11NO4S/c1-5-2-6-7(9(12)13)4-16-8(6)3-11(5)10(14)15/h4-5H,2-3H2,1H3,(H,12,13)(H,14,15)/t5-/m1/s1. The van der Waals surface area contributed by atoms with E-state index in [-0.39, 0.29) is 6.04 Å². The molecule has 1 amide bonds. The van der Waals surface area contributed by atoms with Crippen LogP contribution in [0.25, 0.3) is 0 Å². The summed E-state index contributed by atoms with van der Waals surface area (Å²) in [5.41, 5.74) is 1.11. The second-order valence-electron chi connectivity index (χ2n) is 3.82. The molecule has 0 saturated carbocycles. The van der Waals surface area contributed by atoms with Gasteiger partial charge in [-0.15, -0.1) is 11.3 Å². The Labute approximate surface area is 95.9 Å². The van der Waals surface area contributed by atoms with E-state index in [1.807, 2.05) is 0 Å². The number of aromatic carboxylic acids is 1. The highest BCUT2D eigenvalue weighted by Gasteiger charge is 2.30. The highest BCUT2D eigenvalue weighted by Crippen LogP contribution is 2.31. The van der Waals surface area contributed by atoms with Crippen LogP contribution in [0.2, 0.25) is 0 Å². The molecule has 0 fully saturated rings. The minimum Gasteiger partial charge on any atom is -0.478 e. The quantitative estimate of drug-likeness (QED) is 0.786. The number of carboxylic acid groups (broad SMARTS) is 2. The highest BCUT2D eigenvalue weighted by molar-refractivity contribution is 7.10. The summed E-state index contributed by atoms with van der Waals surface area (Å²) < 4.78 is 0. The third-order valence-electron chi connectivity index (χ3n) is 2.80. The average Bonchev–Trinajstić information content (AvgIpc) is 2.58. The summed E-state index contributed by atoms with van der Waals surface area (Å²) in [6.07, 6.45) is -0.476. The Morgan fingerprint density at radius 1 is 1.50 bits per heavy atom. The second kappa shape index (κ2) is 3.79. The van der Waals surface area contributed by atoms with Crippen LogP contribution in [0.4, 0.5) is 4.79 Å². The van der Waals surface area contributed by atoms with Crippen molar-refractivity contribution in [1.29, 1.82) is 0 Å². The molecule has 2 N–H and O–H groups in total. The fraction of sp³-hybridized carbons (Fsp3) is 0.400. The monoisotopic (exact) mass is 241 g/mol. The number of rotatable bonds is 1. The molecule has 0 aromatic carbocycles. The van der Waals surface area contributed by atoms with Gasteiger partial charge in [0.1, 0.15) is 0 Å². The smallest absolute Gasteiger partial charge is 0.407 e. The summed E-state index contributed by atoms with van der Waals surface area (Å²) in [4.78, 5) is 24.0. The normalized spacial score (nSPS) is 19.3. The summed E-state index contributed by atoms with van der Waals surface area (Å²) in [6, 6.07) is -0.169. The van der Waals surface area contributed by atoms with Gasteiger partial charge in [0.15, 0.2) is 0 Å². The van der Waals surface area contributed by atoms with Crippen LogP contribution in [0.1, 0.15) is 27.7 Å². The molecule has 2 rings (SSSR count). The Morgan fingerprint density at radius 2 is 2.19 bits per heavy atom. The Bertz CT molecular complexity index is 454. The fourth-order valence-electron chi connectivity index (χ4n) is 1.93. The van der Waals surface area contributed by atoms with Gasteiger partial charge < -0.3 is 15.1 Å². The molecule has 1 aliphatic rings. The topological polar surface area (TPSA) is 77.8 Å². The number of thiophene rings is 1. The summed E-state index contributed by atoms with van der Waals surface area (Å²) in [7, 11) is 0. The number of amides is 1. The van der Waals surface area contributed by atoms with Gasteiger partial charge in [0.25, 0.3) is 0 Å². The van der Waals surface area contributed by atoms with Gasteiger partial charge in [-0.3, -0.25) is 0 Å². The Kier molecular flexibility index (Phi) is 2.59. The van der Waals surface area contributed by atoms with Crippen molar-refractivity contribution in [2.24, 2.45) is 0 Å². The van der Waals surface area contributed by atoms with Crippen molar-refractivity contribution in [2.45, 2.75) is 25.9 Å². The molecule has 5 nitrogen and oxygen atoms in total. The van der Waals surface area contributed by atoms with Crippen molar-refractivity contribution < 1.29 is 19.8 Å². The maximum atomic E-state index is 10.9. The zero-order chi connectivity index (χ0) is 11.9. The number of carbonyl (C=O) groups is 2. The van der Waals surface area contributed by atoms with Gasteiger partial charge in [-0.1, -0.05) is 0 Å². The van der Waals surface area contributed by atoms with Crippen LogP contribution in [-0.2, 0) is 13.0 Å². The van der Waals surface area contributed by atoms with E-state index in [1.54, 1.807) is 12.3 Å². The van der Waals surface area contributed by atoms with Crippen molar-refractivity contribution in [3.63, 3.8) is 0 Å². The van der Waals surface area contributed by atoms with Crippen LogP contribution in [-0.4, -0.2) is 33.2 Å². The first-order valence-corrected chi connectivity index (χ1v) is 5.70.